The van der Waals surface area contributed by atoms with E-state index in [2.05, 4.69) is 11.3 Å². The molecule has 0 aromatic heterocycles. The van der Waals surface area contributed by atoms with E-state index in [0.717, 1.165) is 0 Å². The minimum Gasteiger partial charge on any atom is -0.469 e. The maximum atomic E-state index is 11.7. The fourth-order valence-corrected chi connectivity index (χ4v) is 1.75. The van der Waals surface area contributed by atoms with Gasteiger partial charge in [0.1, 0.15) is 11.5 Å². The smallest absolute Gasteiger partial charge is 0.349 e. The van der Waals surface area contributed by atoms with Crippen LogP contribution in [0.5, 0.6) is 0 Å². The maximum Gasteiger partial charge on any atom is 0.349 e. The van der Waals surface area contributed by atoms with Gasteiger partial charge in [-0.05, 0) is 20.8 Å². The van der Waals surface area contributed by atoms with E-state index in [1.807, 2.05) is 0 Å². The molecule has 0 amide bonds. The number of cyclic esters (lactones) is 1. The van der Waals surface area contributed by atoms with Crippen molar-refractivity contribution in [3.63, 3.8) is 0 Å². The summed E-state index contributed by atoms with van der Waals surface area (Å²) >= 11 is 0. The summed E-state index contributed by atoms with van der Waals surface area (Å²) in [6.07, 6.45) is -1.29. The van der Waals surface area contributed by atoms with Crippen LogP contribution in [0, 0.1) is 5.92 Å². The number of methoxy groups -OCH3 is 1. The van der Waals surface area contributed by atoms with E-state index in [4.69, 9.17) is 9.47 Å². The molecule has 1 heterocycles. The number of rotatable bonds is 3. The van der Waals surface area contributed by atoms with Gasteiger partial charge in [-0.15, -0.1) is 0 Å². The SMILES string of the molecule is C=C(C)C(=O)OC1C(=O)OC(C)(C)C1C(=O)OC. The molecule has 1 rings (SSSR count). The average molecular weight is 256 g/mol. The highest BCUT2D eigenvalue weighted by molar-refractivity contribution is 5.93. The highest BCUT2D eigenvalue weighted by Crippen LogP contribution is 2.35. The van der Waals surface area contributed by atoms with Crippen molar-refractivity contribution in [3.8, 4) is 0 Å². The monoisotopic (exact) mass is 256 g/mol. The minimum absolute atomic E-state index is 0.135. The zero-order valence-corrected chi connectivity index (χ0v) is 10.8. The highest BCUT2D eigenvalue weighted by Gasteiger charge is 2.57. The Balaban J connectivity index is 3.00. The second-order valence-corrected chi connectivity index (χ2v) is 4.63. The first-order valence-corrected chi connectivity index (χ1v) is 5.38. The molecule has 0 radical (unpaired) electrons. The van der Waals surface area contributed by atoms with Gasteiger partial charge in [-0.3, -0.25) is 4.79 Å². The Kier molecular flexibility index (Phi) is 3.79. The zero-order chi connectivity index (χ0) is 14.1. The van der Waals surface area contributed by atoms with Gasteiger partial charge in [-0.2, -0.15) is 0 Å². The van der Waals surface area contributed by atoms with Crippen LogP contribution >= 0.6 is 0 Å². The van der Waals surface area contributed by atoms with Crippen molar-refractivity contribution in [2.45, 2.75) is 32.5 Å². The van der Waals surface area contributed by atoms with Crippen molar-refractivity contribution in [2.75, 3.05) is 7.11 Å². The lowest BCUT2D eigenvalue weighted by Gasteiger charge is -2.23. The number of hydrogen-bond acceptors (Lipinski definition) is 6. The van der Waals surface area contributed by atoms with E-state index in [0.29, 0.717) is 0 Å². The summed E-state index contributed by atoms with van der Waals surface area (Å²) in [5.74, 6) is -3.16. The van der Waals surface area contributed by atoms with E-state index in [9.17, 15) is 14.4 Å². The van der Waals surface area contributed by atoms with Gasteiger partial charge in [-0.25, -0.2) is 9.59 Å². The first-order valence-electron chi connectivity index (χ1n) is 5.38. The van der Waals surface area contributed by atoms with Crippen molar-refractivity contribution >= 4 is 17.9 Å². The molecule has 1 aliphatic rings. The Labute approximate surface area is 105 Å². The molecule has 2 unspecified atom stereocenters. The van der Waals surface area contributed by atoms with E-state index in [1.165, 1.54) is 14.0 Å². The van der Waals surface area contributed by atoms with E-state index >= 15 is 0 Å². The van der Waals surface area contributed by atoms with Gasteiger partial charge in [0.15, 0.2) is 0 Å². The first kappa shape index (κ1) is 14.2. The molecule has 18 heavy (non-hydrogen) atoms. The predicted molar refractivity (Wildman–Crippen MR) is 60.4 cm³/mol. The van der Waals surface area contributed by atoms with Crippen molar-refractivity contribution < 1.29 is 28.6 Å². The first-order chi connectivity index (χ1) is 8.20. The van der Waals surface area contributed by atoms with Crippen molar-refractivity contribution in [3.05, 3.63) is 12.2 Å². The van der Waals surface area contributed by atoms with Gasteiger partial charge in [0.25, 0.3) is 0 Å². The van der Waals surface area contributed by atoms with Crippen LogP contribution in [0.3, 0.4) is 0 Å². The normalized spacial score (nSPS) is 25.2. The molecule has 0 saturated carbocycles. The molecule has 0 aromatic carbocycles. The molecule has 0 aliphatic carbocycles. The summed E-state index contributed by atoms with van der Waals surface area (Å²) in [6.45, 7) is 7.96. The third-order valence-corrected chi connectivity index (χ3v) is 2.69. The quantitative estimate of drug-likeness (QED) is 0.418. The van der Waals surface area contributed by atoms with Gasteiger partial charge in [-0.1, -0.05) is 6.58 Å². The second-order valence-electron chi connectivity index (χ2n) is 4.63. The van der Waals surface area contributed by atoms with Gasteiger partial charge >= 0.3 is 17.9 Å². The molecule has 100 valence electrons. The molecular weight excluding hydrogens is 240 g/mol. The highest BCUT2D eigenvalue weighted by atomic mass is 16.6. The Morgan fingerprint density at radius 2 is 1.94 bits per heavy atom. The van der Waals surface area contributed by atoms with Crippen LogP contribution in [-0.4, -0.2) is 36.7 Å². The Hall–Kier alpha value is -1.85. The molecule has 0 bridgehead atoms. The topological polar surface area (TPSA) is 78.9 Å². The third-order valence-electron chi connectivity index (χ3n) is 2.69. The van der Waals surface area contributed by atoms with Crippen LogP contribution in [0.2, 0.25) is 0 Å². The van der Waals surface area contributed by atoms with Crippen LogP contribution < -0.4 is 0 Å². The van der Waals surface area contributed by atoms with Crippen LogP contribution in [-0.2, 0) is 28.6 Å². The molecule has 0 spiro atoms. The number of hydrogen-bond donors (Lipinski definition) is 0. The minimum atomic E-state index is -1.29. The third kappa shape index (κ3) is 2.52. The summed E-state index contributed by atoms with van der Waals surface area (Å²) in [7, 11) is 1.19. The van der Waals surface area contributed by atoms with Crippen LogP contribution in [0.15, 0.2) is 12.2 Å². The van der Waals surface area contributed by atoms with E-state index in [-0.39, 0.29) is 5.57 Å². The largest absolute Gasteiger partial charge is 0.469 e. The number of carbonyl (C=O) groups is 3. The summed E-state index contributed by atoms with van der Waals surface area (Å²) < 4.78 is 14.6. The molecule has 0 N–H and O–H groups in total. The van der Waals surface area contributed by atoms with Crippen LogP contribution in [0.25, 0.3) is 0 Å². The number of esters is 3. The standard InChI is InChI=1S/C12H16O6/c1-6(2)9(13)17-8-7(10(14)16-5)12(3,4)18-11(8)15/h7-8H,1H2,2-5H3. The molecule has 1 saturated heterocycles. The Morgan fingerprint density at radius 3 is 2.39 bits per heavy atom. The van der Waals surface area contributed by atoms with Crippen LogP contribution in [0.4, 0.5) is 0 Å². The Morgan fingerprint density at radius 1 is 1.39 bits per heavy atom. The summed E-state index contributed by atoms with van der Waals surface area (Å²) in [5, 5.41) is 0. The number of carbonyl (C=O) groups excluding carboxylic acids is 3. The van der Waals surface area contributed by atoms with Crippen molar-refractivity contribution in [2.24, 2.45) is 5.92 Å². The van der Waals surface area contributed by atoms with Crippen LogP contribution in [0.1, 0.15) is 20.8 Å². The van der Waals surface area contributed by atoms with Crippen molar-refractivity contribution in [1.82, 2.24) is 0 Å². The lowest BCUT2D eigenvalue weighted by molar-refractivity contribution is -0.162. The van der Waals surface area contributed by atoms with Gasteiger partial charge in [0, 0.05) is 5.57 Å². The summed E-state index contributed by atoms with van der Waals surface area (Å²) in [6, 6.07) is 0. The summed E-state index contributed by atoms with van der Waals surface area (Å²) in [4.78, 5) is 34.7. The molecule has 6 nitrogen and oxygen atoms in total. The fourth-order valence-electron chi connectivity index (χ4n) is 1.75. The molecule has 1 fully saturated rings. The van der Waals surface area contributed by atoms with Gasteiger partial charge in [0.2, 0.25) is 6.10 Å². The lowest BCUT2D eigenvalue weighted by Crippen LogP contribution is -2.41. The number of ether oxygens (including phenoxy) is 3. The molecule has 2 atom stereocenters. The molecule has 0 aromatic rings. The van der Waals surface area contributed by atoms with E-state index in [1.54, 1.807) is 13.8 Å². The second kappa shape index (κ2) is 4.80. The molecule has 6 heteroatoms. The zero-order valence-electron chi connectivity index (χ0n) is 10.8. The molecular formula is C12H16O6. The summed E-state index contributed by atoms with van der Waals surface area (Å²) in [5.41, 5.74) is -0.944. The van der Waals surface area contributed by atoms with Gasteiger partial charge < -0.3 is 14.2 Å². The van der Waals surface area contributed by atoms with Crippen molar-refractivity contribution in [1.29, 1.82) is 0 Å². The average Bonchev–Trinajstić information content (AvgIpc) is 2.47. The Bertz CT molecular complexity index is 409. The van der Waals surface area contributed by atoms with E-state index < -0.39 is 35.5 Å². The van der Waals surface area contributed by atoms with Gasteiger partial charge in [0.05, 0.1) is 7.11 Å². The maximum absolute atomic E-state index is 11.7. The molecule has 1 aliphatic heterocycles. The lowest BCUT2D eigenvalue weighted by atomic mass is 9.89. The fraction of sp³-hybridized carbons (Fsp3) is 0.583. The predicted octanol–water partition coefficient (Wildman–Crippen LogP) is 0.599.